The number of carbonyl (C=O) groups is 6. The standard InChI is InChI=1S/C14H23N5O8/c1-6(12(24)19-8(14(26)27)2-3-11(22)23)18-10(21)5-17-13(25)7(15)4-9(16)20/h6-8H,2-5,15H2,1H3,(H2,16,20)(H,17,25)(H,18,21)(H,19,24)(H,22,23)(H,26,27). The van der Waals surface area contributed by atoms with Crippen molar-refractivity contribution in [3.05, 3.63) is 0 Å². The molecule has 13 nitrogen and oxygen atoms in total. The van der Waals surface area contributed by atoms with Crippen LogP contribution in [0, 0.1) is 0 Å². The highest BCUT2D eigenvalue weighted by atomic mass is 16.4. The van der Waals surface area contributed by atoms with E-state index in [1.807, 2.05) is 0 Å². The average Bonchev–Trinajstić information content (AvgIpc) is 2.54. The molecule has 0 radical (unpaired) electrons. The number of nitrogens with one attached hydrogen (secondary N) is 3. The van der Waals surface area contributed by atoms with Gasteiger partial charge < -0.3 is 37.6 Å². The van der Waals surface area contributed by atoms with Gasteiger partial charge in [0.15, 0.2) is 0 Å². The molecule has 0 bridgehead atoms. The van der Waals surface area contributed by atoms with E-state index in [2.05, 4.69) is 16.0 Å². The van der Waals surface area contributed by atoms with Gasteiger partial charge in [-0.05, 0) is 13.3 Å². The topological polar surface area (TPSA) is 231 Å². The smallest absolute Gasteiger partial charge is 0.326 e. The van der Waals surface area contributed by atoms with Gasteiger partial charge in [0.05, 0.1) is 19.0 Å². The van der Waals surface area contributed by atoms with E-state index in [0.717, 1.165) is 0 Å². The third-order valence-corrected chi connectivity index (χ3v) is 3.21. The minimum atomic E-state index is -1.43. The van der Waals surface area contributed by atoms with E-state index >= 15 is 0 Å². The number of nitrogens with two attached hydrogens (primary N) is 2. The summed E-state index contributed by atoms with van der Waals surface area (Å²) in [5, 5.41) is 24.0. The summed E-state index contributed by atoms with van der Waals surface area (Å²) < 4.78 is 0. The second-order valence-corrected chi connectivity index (χ2v) is 5.62. The summed E-state index contributed by atoms with van der Waals surface area (Å²) in [6.45, 7) is 0.730. The van der Waals surface area contributed by atoms with Crippen LogP contribution in [0.25, 0.3) is 0 Å². The number of carbonyl (C=O) groups excluding carboxylic acids is 4. The van der Waals surface area contributed by atoms with Crippen molar-refractivity contribution in [1.82, 2.24) is 16.0 Å². The lowest BCUT2D eigenvalue weighted by molar-refractivity contribution is -0.143. The van der Waals surface area contributed by atoms with Gasteiger partial charge in [0.1, 0.15) is 12.1 Å². The fourth-order valence-electron chi connectivity index (χ4n) is 1.79. The maximum atomic E-state index is 11.9. The largest absolute Gasteiger partial charge is 0.481 e. The minimum absolute atomic E-state index is 0.328. The lowest BCUT2D eigenvalue weighted by Crippen LogP contribution is -2.52. The predicted octanol–water partition coefficient (Wildman–Crippen LogP) is -3.76. The highest BCUT2D eigenvalue weighted by molar-refractivity contribution is 5.93. The van der Waals surface area contributed by atoms with E-state index in [4.69, 9.17) is 21.7 Å². The number of primary amides is 1. The first-order valence-electron chi connectivity index (χ1n) is 7.80. The van der Waals surface area contributed by atoms with Gasteiger partial charge in [-0.1, -0.05) is 0 Å². The number of hydrogen-bond donors (Lipinski definition) is 7. The zero-order valence-electron chi connectivity index (χ0n) is 14.6. The average molecular weight is 389 g/mol. The molecule has 0 aromatic rings. The maximum absolute atomic E-state index is 11.9. The molecule has 152 valence electrons. The zero-order chi connectivity index (χ0) is 21.1. The van der Waals surface area contributed by atoms with E-state index < -0.39 is 73.1 Å². The number of amides is 4. The fraction of sp³-hybridized carbons (Fsp3) is 0.571. The zero-order valence-corrected chi connectivity index (χ0v) is 14.6. The molecule has 0 aliphatic carbocycles. The van der Waals surface area contributed by atoms with Crippen LogP contribution < -0.4 is 27.4 Å². The third-order valence-electron chi connectivity index (χ3n) is 3.21. The molecule has 0 heterocycles. The van der Waals surface area contributed by atoms with Gasteiger partial charge in [-0.25, -0.2) is 4.79 Å². The van der Waals surface area contributed by atoms with Crippen molar-refractivity contribution in [3.8, 4) is 0 Å². The minimum Gasteiger partial charge on any atom is -0.481 e. The van der Waals surface area contributed by atoms with Gasteiger partial charge in [-0.15, -0.1) is 0 Å². The van der Waals surface area contributed by atoms with Crippen molar-refractivity contribution in [2.75, 3.05) is 6.54 Å². The van der Waals surface area contributed by atoms with Crippen LogP contribution in [0.4, 0.5) is 0 Å². The molecule has 0 aromatic heterocycles. The lowest BCUT2D eigenvalue weighted by Gasteiger charge is -2.18. The Hall–Kier alpha value is -3.22. The van der Waals surface area contributed by atoms with Crippen molar-refractivity contribution in [2.45, 2.75) is 44.3 Å². The SMILES string of the molecule is CC(NC(=O)CNC(=O)C(N)CC(N)=O)C(=O)NC(CCC(=O)O)C(=O)O. The van der Waals surface area contributed by atoms with E-state index in [9.17, 15) is 28.8 Å². The van der Waals surface area contributed by atoms with Crippen LogP contribution in [0.1, 0.15) is 26.2 Å². The molecule has 27 heavy (non-hydrogen) atoms. The van der Waals surface area contributed by atoms with Gasteiger partial charge in [-0.3, -0.25) is 24.0 Å². The molecule has 4 amide bonds. The Kier molecular flexibility index (Phi) is 10.0. The molecule has 3 unspecified atom stereocenters. The van der Waals surface area contributed by atoms with Crippen LogP contribution >= 0.6 is 0 Å². The normalized spacial score (nSPS) is 13.6. The second kappa shape index (κ2) is 11.4. The molecule has 0 aromatic carbocycles. The summed E-state index contributed by atoms with van der Waals surface area (Å²) in [6, 6.07) is -3.80. The molecule has 0 spiro atoms. The Bertz CT molecular complexity index is 608. The van der Waals surface area contributed by atoms with Crippen molar-refractivity contribution in [3.63, 3.8) is 0 Å². The van der Waals surface area contributed by atoms with Crippen molar-refractivity contribution < 1.29 is 39.0 Å². The predicted molar refractivity (Wildman–Crippen MR) is 88.8 cm³/mol. The Labute approximate surface area is 153 Å². The van der Waals surface area contributed by atoms with E-state index in [-0.39, 0.29) is 6.42 Å². The van der Waals surface area contributed by atoms with Gasteiger partial charge in [-0.2, -0.15) is 0 Å². The number of carboxylic acids is 2. The van der Waals surface area contributed by atoms with Crippen LogP contribution in [-0.4, -0.2) is 70.5 Å². The van der Waals surface area contributed by atoms with Crippen molar-refractivity contribution in [2.24, 2.45) is 11.5 Å². The van der Waals surface area contributed by atoms with Crippen LogP contribution in [0.15, 0.2) is 0 Å². The molecule has 3 atom stereocenters. The summed E-state index contributed by atoms with van der Waals surface area (Å²) in [4.78, 5) is 67.3. The van der Waals surface area contributed by atoms with Crippen LogP contribution in [-0.2, 0) is 28.8 Å². The fourth-order valence-corrected chi connectivity index (χ4v) is 1.79. The third kappa shape index (κ3) is 10.4. The Morgan fingerprint density at radius 3 is 2.07 bits per heavy atom. The van der Waals surface area contributed by atoms with Gasteiger partial charge >= 0.3 is 11.9 Å². The van der Waals surface area contributed by atoms with E-state index in [0.29, 0.717) is 0 Å². The molecule has 0 saturated heterocycles. The summed E-state index contributed by atoms with van der Waals surface area (Å²) in [6.07, 6.45) is -1.19. The molecular formula is C14H23N5O8. The monoisotopic (exact) mass is 389 g/mol. The first-order chi connectivity index (χ1) is 12.4. The molecule has 9 N–H and O–H groups in total. The quantitative estimate of drug-likeness (QED) is 0.173. The Morgan fingerprint density at radius 1 is 1.00 bits per heavy atom. The summed E-state index contributed by atoms with van der Waals surface area (Å²) in [5.74, 6) is -5.84. The molecule has 0 saturated carbocycles. The van der Waals surface area contributed by atoms with Crippen LogP contribution in [0.5, 0.6) is 0 Å². The van der Waals surface area contributed by atoms with E-state index in [1.54, 1.807) is 0 Å². The molecule has 13 heteroatoms. The summed E-state index contributed by atoms with van der Waals surface area (Å²) in [5.41, 5.74) is 10.3. The molecular weight excluding hydrogens is 366 g/mol. The summed E-state index contributed by atoms with van der Waals surface area (Å²) >= 11 is 0. The second-order valence-electron chi connectivity index (χ2n) is 5.62. The maximum Gasteiger partial charge on any atom is 0.326 e. The highest BCUT2D eigenvalue weighted by Crippen LogP contribution is 1.99. The van der Waals surface area contributed by atoms with Crippen molar-refractivity contribution in [1.29, 1.82) is 0 Å². The van der Waals surface area contributed by atoms with Gasteiger partial charge in [0, 0.05) is 6.42 Å². The summed E-state index contributed by atoms with van der Waals surface area (Å²) in [7, 11) is 0. The molecule has 0 fully saturated rings. The van der Waals surface area contributed by atoms with Crippen LogP contribution in [0.2, 0.25) is 0 Å². The lowest BCUT2D eigenvalue weighted by atomic mass is 10.1. The number of aliphatic carboxylic acids is 2. The number of rotatable bonds is 12. The van der Waals surface area contributed by atoms with Crippen LogP contribution in [0.3, 0.4) is 0 Å². The Balaban J connectivity index is 4.45. The Morgan fingerprint density at radius 2 is 1.59 bits per heavy atom. The van der Waals surface area contributed by atoms with Gasteiger partial charge in [0.25, 0.3) is 0 Å². The van der Waals surface area contributed by atoms with Crippen molar-refractivity contribution >= 4 is 35.6 Å². The van der Waals surface area contributed by atoms with Gasteiger partial charge in [0.2, 0.25) is 23.6 Å². The highest BCUT2D eigenvalue weighted by Gasteiger charge is 2.24. The number of carboxylic acid groups (broad SMARTS) is 2. The molecule has 0 rings (SSSR count). The number of hydrogen-bond acceptors (Lipinski definition) is 7. The first kappa shape index (κ1) is 23.8. The molecule has 0 aliphatic rings. The first-order valence-corrected chi connectivity index (χ1v) is 7.80. The van der Waals surface area contributed by atoms with E-state index in [1.165, 1.54) is 6.92 Å². The molecule has 0 aliphatic heterocycles.